The van der Waals surface area contributed by atoms with Crippen molar-refractivity contribution in [2.45, 2.75) is 44.2 Å². The first-order chi connectivity index (χ1) is 8.83. The van der Waals surface area contributed by atoms with Crippen molar-refractivity contribution in [1.29, 1.82) is 0 Å². The second-order valence-corrected chi connectivity index (χ2v) is 4.98. The Morgan fingerprint density at radius 3 is 2.61 bits per heavy atom. The zero-order chi connectivity index (χ0) is 12.8. The maximum atomic E-state index is 8.88. The van der Waals surface area contributed by atoms with Crippen LogP contribution in [0.4, 0.5) is 5.69 Å². The van der Waals surface area contributed by atoms with Crippen molar-refractivity contribution >= 4 is 5.69 Å². The standard InChI is InChI=1S/C15H23NO2/c1-18-15-5-3-2-4-14(15)16-13-8-6-12(7-9-13)10-11-17/h6-9,14-17H,2-5,10-11H2,1H3. The monoisotopic (exact) mass is 249 g/mol. The largest absolute Gasteiger partial charge is 0.396 e. The van der Waals surface area contributed by atoms with Crippen LogP contribution in [-0.2, 0) is 11.2 Å². The highest BCUT2D eigenvalue weighted by Gasteiger charge is 2.24. The van der Waals surface area contributed by atoms with Gasteiger partial charge in [0, 0.05) is 19.4 Å². The minimum atomic E-state index is 0.209. The molecule has 2 unspecified atom stereocenters. The van der Waals surface area contributed by atoms with Gasteiger partial charge in [0.15, 0.2) is 0 Å². The first-order valence-electron chi connectivity index (χ1n) is 6.82. The van der Waals surface area contributed by atoms with E-state index in [9.17, 15) is 0 Å². The summed E-state index contributed by atoms with van der Waals surface area (Å²) in [6.45, 7) is 0.209. The van der Waals surface area contributed by atoms with Crippen LogP contribution in [0.15, 0.2) is 24.3 Å². The number of benzene rings is 1. The van der Waals surface area contributed by atoms with Gasteiger partial charge >= 0.3 is 0 Å². The molecule has 1 aromatic carbocycles. The van der Waals surface area contributed by atoms with E-state index in [0.717, 1.165) is 18.5 Å². The fourth-order valence-electron chi connectivity index (χ4n) is 2.65. The number of rotatable bonds is 5. The topological polar surface area (TPSA) is 41.5 Å². The van der Waals surface area contributed by atoms with E-state index < -0.39 is 0 Å². The third-order valence-corrected chi connectivity index (χ3v) is 3.71. The third-order valence-electron chi connectivity index (χ3n) is 3.71. The van der Waals surface area contributed by atoms with Crippen molar-refractivity contribution in [2.24, 2.45) is 0 Å². The van der Waals surface area contributed by atoms with E-state index in [1.807, 2.05) is 0 Å². The van der Waals surface area contributed by atoms with Crippen molar-refractivity contribution in [1.82, 2.24) is 0 Å². The molecule has 2 rings (SSSR count). The lowest BCUT2D eigenvalue weighted by molar-refractivity contribution is 0.0606. The maximum absolute atomic E-state index is 8.88. The summed E-state index contributed by atoms with van der Waals surface area (Å²) in [6, 6.07) is 8.75. The van der Waals surface area contributed by atoms with E-state index in [-0.39, 0.29) is 6.61 Å². The Hall–Kier alpha value is -1.06. The van der Waals surface area contributed by atoms with Crippen LogP contribution in [0.1, 0.15) is 31.2 Å². The third kappa shape index (κ3) is 3.47. The lowest BCUT2D eigenvalue weighted by Gasteiger charge is -2.31. The minimum Gasteiger partial charge on any atom is -0.396 e. The van der Waals surface area contributed by atoms with E-state index >= 15 is 0 Å². The van der Waals surface area contributed by atoms with E-state index in [1.165, 1.54) is 24.8 Å². The van der Waals surface area contributed by atoms with Crippen molar-refractivity contribution in [3.8, 4) is 0 Å². The van der Waals surface area contributed by atoms with Crippen molar-refractivity contribution in [2.75, 3.05) is 19.0 Å². The van der Waals surface area contributed by atoms with Gasteiger partial charge in [-0.05, 0) is 37.0 Å². The molecule has 0 spiro atoms. The Morgan fingerprint density at radius 2 is 1.94 bits per heavy atom. The molecule has 2 atom stereocenters. The Labute approximate surface area is 109 Å². The molecule has 1 fully saturated rings. The van der Waals surface area contributed by atoms with Gasteiger partial charge in [0.05, 0.1) is 12.1 Å². The van der Waals surface area contributed by atoms with Crippen LogP contribution in [0.3, 0.4) is 0 Å². The molecule has 2 N–H and O–H groups in total. The Morgan fingerprint density at radius 1 is 1.22 bits per heavy atom. The number of anilines is 1. The summed E-state index contributed by atoms with van der Waals surface area (Å²) < 4.78 is 5.54. The van der Waals surface area contributed by atoms with Gasteiger partial charge in [-0.3, -0.25) is 0 Å². The normalized spacial score (nSPS) is 23.9. The number of ether oxygens (including phenoxy) is 1. The number of hydrogen-bond acceptors (Lipinski definition) is 3. The number of aliphatic hydroxyl groups is 1. The Balaban J connectivity index is 1.95. The van der Waals surface area contributed by atoms with Gasteiger partial charge in [0.25, 0.3) is 0 Å². The highest BCUT2D eigenvalue weighted by atomic mass is 16.5. The van der Waals surface area contributed by atoms with Crippen molar-refractivity contribution in [3.05, 3.63) is 29.8 Å². The van der Waals surface area contributed by atoms with Crippen molar-refractivity contribution < 1.29 is 9.84 Å². The number of nitrogens with one attached hydrogen (secondary N) is 1. The average Bonchev–Trinajstić information content (AvgIpc) is 2.42. The second-order valence-electron chi connectivity index (χ2n) is 4.98. The van der Waals surface area contributed by atoms with Crippen LogP contribution in [-0.4, -0.2) is 31.0 Å². The van der Waals surface area contributed by atoms with Gasteiger partial charge < -0.3 is 15.2 Å². The van der Waals surface area contributed by atoms with Crippen LogP contribution in [0.5, 0.6) is 0 Å². The highest BCUT2D eigenvalue weighted by molar-refractivity contribution is 5.45. The summed E-state index contributed by atoms with van der Waals surface area (Å²) in [5, 5.41) is 12.4. The van der Waals surface area contributed by atoms with Crippen molar-refractivity contribution in [3.63, 3.8) is 0 Å². The highest BCUT2D eigenvalue weighted by Crippen LogP contribution is 2.24. The second kappa shape index (κ2) is 6.76. The van der Waals surface area contributed by atoms with E-state index in [0.29, 0.717) is 12.1 Å². The van der Waals surface area contributed by atoms with Crippen LogP contribution in [0.2, 0.25) is 0 Å². The van der Waals surface area contributed by atoms with E-state index in [2.05, 4.69) is 29.6 Å². The number of aliphatic hydroxyl groups excluding tert-OH is 1. The minimum absolute atomic E-state index is 0.209. The summed E-state index contributed by atoms with van der Waals surface area (Å²) in [5.74, 6) is 0. The number of hydrogen-bond donors (Lipinski definition) is 2. The molecule has 1 aromatic rings. The lowest BCUT2D eigenvalue weighted by Crippen LogP contribution is -2.37. The predicted octanol–water partition coefficient (Wildman–Crippen LogP) is 2.59. The molecule has 0 radical (unpaired) electrons. The van der Waals surface area contributed by atoms with Gasteiger partial charge in [0.1, 0.15) is 0 Å². The van der Waals surface area contributed by atoms with Crippen LogP contribution in [0, 0.1) is 0 Å². The molecule has 3 heteroatoms. The summed E-state index contributed by atoms with van der Waals surface area (Å²) in [6.07, 6.45) is 5.93. The zero-order valence-electron chi connectivity index (χ0n) is 11.1. The molecule has 1 saturated carbocycles. The van der Waals surface area contributed by atoms with Gasteiger partial charge in [-0.15, -0.1) is 0 Å². The molecular formula is C15H23NO2. The zero-order valence-corrected chi connectivity index (χ0v) is 11.1. The first kappa shape index (κ1) is 13.4. The van der Waals surface area contributed by atoms with Gasteiger partial charge in [-0.25, -0.2) is 0 Å². The molecule has 3 nitrogen and oxygen atoms in total. The average molecular weight is 249 g/mol. The summed E-state index contributed by atoms with van der Waals surface area (Å²) in [7, 11) is 1.80. The molecule has 18 heavy (non-hydrogen) atoms. The molecule has 100 valence electrons. The molecule has 0 saturated heterocycles. The first-order valence-corrected chi connectivity index (χ1v) is 6.82. The molecule has 0 aliphatic heterocycles. The molecule has 0 heterocycles. The number of methoxy groups -OCH3 is 1. The van der Waals surface area contributed by atoms with E-state index in [1.54, 1.807) is 7.11 Å². The summed E-state index contributed by atoms with van der Waals surface area (Å²) in [4.78, 5) is 0. The fraction of sp³-hybridized carbons (Fsp3) is 0.600. The quantitative estimate of drug-likeness (QED) is 0.843. The lowest BCUT2D eigenvalue weighted by atomic mass is 9.92. The fourth-order valence-corrected chi connectivity index (χ4v) is 2.65. The Kier molecular flexibility index (Phi) is 5.02. The van der Waals surface area contributed by atoms with Crippen LogP contribution in [0.25, 0.3) is 0 Å². The van der Waals surface area contributed by atoms with Gasteiger partial charge in [0.2, 0.25) is 0 Å². The smallest absolute Gasteiger partial charge is 0.0772 e. The molecule has 1 aliphatic rings. The predicted molar refractivity (Wildman–Crippen MR) is 73.9 cm³/mol. The molecular weight excluding hydrogens is 226 g/mol. The van der Waals surface area contributed by atoms with Gasteiger partial charge in [-0.1, -0.05) is 25.0 Å². The van der Waals surface area contributed by atoms with E-state index in [4.69, 9.17) is 9.84 Å². The Bertz CT molecular complexity index is 350. The summed E-state index contributed by atoms with van der Waals surface area (Å²) in [5.41, 5.74) is 2.32. The maximum Gasteiger partial charge on any atom is 0.0772 e. The summed E-state index contributed by atoms with van der Waals surface area (Å²) >= 11 is 0. The molecule has 0 bridgehead atoms. The SMILES string of the molecule is COC1CCCCC1Nc1ccc(CCO)cc1. The molecule has 0 aromatic heterocycles. The molecule has 1 aliphatic carbocycles. The van der Waals surface area contributed by atoms with Crippen LogP contribution >= 0.6 is 0 Å². The van der Waals surface area contributed by atoms with Crippen LogP contribution < -0.4 is 5.32 Å². The molecule has 0 amide bonds. The van der Waals surface area contributed by atoms with Gasteiger partial charge in [-0.2, -0.15) is 0 Å².